The van der Waals surface area contributed by atoms with Crippen molar-refractivity contribution in [1.82, 2.24) is 9.38 Å². The van der Waals surface area contributed by atoms with Gasteiger partial charge in [-0.3, -0.25) is 0 Å². The van der Waals surface area contributed by atoms with Crippen molar-refractivity contribution in [1.29, 1.82) is 0 Å². The van der Waals surface area contributed by atoms with Gasteiger partial charge in [-0.1, -0.05) is 81.4 Å². The number of halogens is 1. The van der Waals surface area contributed by atoms with Gasteiger partial charge in [-0.2, -0.15) is 0 Å². The third-order valence-electron chi connectivity index (χ3n) is 6.10. The first-order valence-corrected chi connectivity index (χ1v) is 15.2. The molecule has 2 heterocycles. The Morgan fingerprint density at radius 3 is 2.03 bits per heavy atom. The van der Waals surface area contributed by atoms with Gasteiger partial charge in [0.1, 0.15) is 11.4 Å². The summed E-state index contributed by atoms with van der Waals surface area (Å²) < 4.78 is 16.6. The Hall–Kier alpha value is -2.94. The molecule has 0 N–H and O–H groups in total. The first-order valence-electron chi connectivity index (χ1n) is 12.5. The second kappa shape index (κ2) is 11.2. The number of rotatable bonds is 8. The highest BCUT2D eigenvalue weighted by molar-refractivity contribution is 14.1. The van der Waals surface area contributed by atoms with Crippen LogP contribution in [0, 0.1) is 8.99 Å². The second-order valence-electron chi connectivity index (χ2n) is 10.4. The number of fused-ring (bicyclic) bond motifs is 1. The molecule has 5 rings (SSSR count). The number of ether oxygens (including phenoxy) is 1. The van der Waals surface area contributed by atoms with E-state index in [1.54, 1.807) is 0 Å². The fourth-order valence-corrected chi connectivity index (χ4v) is 7.11. The fourth-order valence-electron chi connectivity index (χ4n) is 4.33. The van der Waals surface area contributed by atoms with Crippen LogP contribution in [0.1, 0.15) is 27.2 Å². The number of hydrogen-bond donors (Lipinski definition) is 0. The molecule has 0 aliphatic heterocycles. The third kappa shape index (κ3) is 6.69. The van der Waals surface area contributed by atoms with E-state index in [0.717, 1.165) is 29.1 Å². The topological polar surface area (TPSA) is 35.8 Å². The average Bonchev–Trinajstić information content (AvgIpc) is 3.31. The lowest BCUT2D eigenvalue weighted by atomic mass is 9.92. The number of pyridine rings is 1. The summed E-state index contributed by atoms with van der Waals surface area (Å²) in [5.74, 6) is 0.796. The van der Waals surface area contributed by atoms with Gasteiger partial charge in [0.25, 0.3) is 0 Å². The molecule has 0 spiro atoms. The third-order valence-corrected chi connectivity index (χ3v) is 9.30. The molecule has 1 unspecified atom stereocenters. The molecule has 0 fully saturated rings. The van der Waals surface area contributed by atoms with Crippen LogP contribution in [0.15, 0.2) is 109 Å². The normalized spacial score (nSPS) is 12.7. The van der Waals surface area contributed by atoms with Gasteiger partial charge in [-0.15, -0.1) is 0 Å². The predicted octanol–water partition coefficient (Wildman–Crippen LogP) is 6.30. The quantitative estimate of drug-likeness (QED) is 0.116. The van der Waals surface area contributed by atoms with Gasteiger partial charge in [-0.05, 0) is 74.8 Å². The highest BCUT2D eigenvalue weighted by Crippen LogP contribution is 2.27. The highest BCUT2D eigenvalue weighted by atomic mass is 127. The van der Waals surface area contributed by atoms with Gasteiger partial charge in [0.2, 0.25) is 9.04 Å². The van der Waals surface area contributed by atoms with E-state index in [4.69, 9.17) is 14.1 Å². The fraction of sp³-hybridized carbons (Fsp3) is 0.194. The van der Waals surface area contributed by atoms with Crippen LogP contribution in [-0.2, 0) is 4.43 Å². The Morgan fingerprint density at radius 1 is 0.811 bits per heavy atom. The summed E-state index contributed by atoms with van der Waals surface area (Å²) in [5, 5.41) is 2.49. The summed E-state index contributed by atoms with van der Waals surface area (Å²) in [4.78, 5) is 4.77. The molecule has 0 aliphatic carbocycles. The van der Waals surface area contributed by atoms with E-state index in [1.807, 2.05) is 18.2 Å². The van der Waals surface area contributed by atoms with Crippen LogP contribution >= 0.6 is 22.6 Å². The van der Waals surface area contributed by atoms with E-state index in [2.05, 4.69) is 139 Å². The number of aromatic nitrogens is 2. The maximum atomic E-state index is 6.87. The molecule has 188 valence electrons. The minimum absolute atomic E-state index is 0.0466. The lowest BCUT2D eigenvalue weighted by Crippen LogP contribution is -2.49. The molecular weight excluding hydrogens is 587 g/mol. The van der Waals surface area contributed by atoms with Crippen molar-refractivity contribution in [3.8, 4) is 17.0 Å². The Balaban J connectivity index is 1.39. The molecule has 0 amide bonds. The van der Waals surface area contributed by atoms with Crippen molar-refractivity contribution in [2.24, 2.45) is 5.41 Å². The first-order chi connectivity index (χ1) is 17.8. The molecule has 0 radical (unpaired) electrons. The van der Waals surface area contributed by atoms with Crippen LogP contribution in [0.2, 0.25) is 0 Å². The predicted molar refractivity (Wildman–Crippen MR) is 162 cm³/mol. The molecule has 0 saturated carbocycles. The molecule has 0 aliphatic rings. The Labute approximate surface area is 234 Å². The second-order valence-corrected chi connectivity index (χ2v) is 14.0. The molecular formula is C31H31IN2O2Si. The number of imidazole rings is 1. The average molecular weight is 619 g/mol. The van der Waals surface area contributed by atoms with Crippen LogP contribution < -0.4 is 15.1 Å². The zero-order valence-electron chi connectivity index (χ0n) is 21.3. The lowest BCUT2D eigenvalue weighted by Gasteiger charge is -2.30. The van der Waals surface area contributed by atoms with E-state index in [0.29, 0.717) is 0 Å². The van der Waals surface area contributed by atoms with E-state index < -0.39 is 9.04 Å². The maximum absolute atomic E-state index is 6.87. The van der Waals surface area contributed by atoms with Crippen LogP contribution in [0.25, 0.3) is 16.9 Å². The van der Waals surface area contributed by atoms with Gasteiger partial charge in [-0.25, -0.2) is 4.98 Å². The smallest absolute Gasteiger partial charge is 0.244 e. The molecule has 3 aromatic carbocycles. The van der Waals surface area contributed by atoms with Crippen LogP contribution in [0.5, 0.6) is 5.75 Å². The summed E-state index contributed by atoms with van der Waals surface area (Å²) in [6.45, 7) is 6.67. The number of benzene rings is 3. The van der Waals surface area contributed by atoms with Gasteiger partial charge < -0.3 is 13.6 Å². The Morgan fingerprint density at radius 2 is 1.43 bits per heavy atom. The monoisotopic (exact) mass is 618 g/mol. The molecule has 6 heteroatoms. The first kappa shape index (κ1) is 25.7. The van der Waals surface area contributed by atoms with Crippen molar-refractivity contribution < 1.29 is 9.16 Å². The zero-order chi connectivity index (χ0) is 25.8. The summed E-state index contributed by atoms with van der Waals surface area (Å²) in [7, 11) is -1.96. The Bertz CT molecular complexity index is 1410. The zero-order valence-corrected chi connectivity index (χ0v) is 24.7. The molecule has 0 bridgehead atoms. The summed E-state index contributed by atoms with van der Waals surface area (Å²) in [6, 6.07) is 33.4. The van der Waals surface area contributed by atoms with Crippen molar-refractivity contribution in [3.63, 3.8) is 0 Å². The largest absolute Gasteiger partial charge is 0.466 e. The van der Waals surface area contributed by atoms with Gasteiger partial charge >= 0.3 is 0 Å². The molecule has 37 heavy (non-hydrogen) atoms. The van der Waals surface area contributed by atoms with Crippen molar-refractivity contribution >= 4 is 47.7 Å². The van der Waals surface area contributed by atoms with Crippen LogP contribution in [0.3, 0.4) is 0 Å². The van der Waals surface area contributed by atoms with E-state index in [-0.39, 0.29) is 11.7 Å². The minimum atomic E-state index is -1.96. The molecule has 5 aromatic rings. The van der Waals surface area contributed by atoms with Gasteiger partial charge in [0, 0.05) is 27.9 Å². The molecule has 4 nitrogen and oxygen atoms in total. The Kier molecular flexibility index (Phi) is 7.78. The maximum Gasteiger partial charge on any atom is 0.244 e. The molecule has 2 aromatic heterocycles. The summed E-state index contributed by atoms with van der Waals surface area (Å²) in [5.41, 5.74) is 2.98. The van der Waals surface area contributed by atoms with E-state index in [1.165, 1.54) is 13.9 Å². The van der Waals surface area contributed by atoms with Crippen LogP contribution in [0.4, 0.5) is 0 Å². The van der Waals surface area contributed by atoms with Crippen molar-refractivity contribution in [2.75, 3.05) is 0 Å². The highest BCUT2D eigenvalue weighted by Gasteiger charge is 2.27. The van der Waals surface area contributed by atoms with Crippen molar-refractivity contribution in [3.05, 3.63) is 113 Å². The minimum Gasteiger partial charge on any atom is -0.466 e. The molecule has 1 atom stereocenters. The number of nitrogens with zero attached hydrogens (tertiary/aromatic N) is 2. The van der Waals surface area contributed by atoms with E-state index >= 15 is 0 Å². The van der Waals surface area contributed by atoms with E-state index in [9.17, 15) is 0 Å². The molecule has 0 saturated heterocycles. The SMILES string of the molecule is CC(C)(C)CC(Oc1ccc(-c2cn3cc(I)ccc3n2)cc1)O[SiH](c1ccccc1)c1ccccc1. The van der Waals surface area contributed by atoms with Crippen LogP contribution in [-0.4, -0.2) is 24.7 Å². The van der Waals surface area contributed by atoms with Crippen molar-refractivity contribution in [2.45, 2.75) is 33.5 Å². The van der Waals surface area contributed by atoms with Gasteiger partial charge in [0.05, 0.1) is 5.69 Å². The summed E-state index contributed by atoms with van der Waals surface area (Å²) >= 11 is 2.32. The number of hydrogen-bond acceptors (Lipinski definition) is 3. The standard InChI is InChI=1S/C31H31IN2O2Si/c1-31(2,3)20-30(36-37(26-10-6-4-7-11-26)27-12-8-5-9-13-27)35-25-17-14-23(15-18-25)28-22-34-21-24(32)16-19-29(34)33-28/h4-19,21-22,30,37H,20H2,1-3H3. The van der Waals surface area contributed by atoms with Gasteiger partial charge in [0.15, 0.2) is 6.29 Å². The summed E-state index contributed by atoms with van der Waals surface area (Å²) in [6.07, 6.45) is 4.57. The lowest BCUT2D eigenvalue weighted by molar-refractivity contribution is -0.0227.